The van der Waals surface area contributed by atoms with E-state index in [2.05, 4.69) is 10.1 Å². The molecular formula is C29H21F2N5O5. The highest BCUT2D eigenvalue weighted by Gasteiger charge is 2.26. The van der Waals surface area contributed by atoms with Crippen LogP contribution in [0.5, 0.6) is 0 Å². The fourth-order valence-corrected chi connectivity index (χ4v) is 5.28. The minimum Gasteiger partial charge on any atom is -0.463 e. The molecule has 0 aliphatic rings. The first kappa shape index (κ1) is 24.8. The third-order valence-electron chi connectivity index (χ3n) is 6.91. The van der Waals surface area contributed by atoms with Gasteiger partial charge in [-0.25, -0.2) is 23.4 Å². The second-order valence-electron chi connectivity index (χ2n) is 10.7. The third-order valence-corrected chi connectivity index (χ3v) is 6.91. The van der Waals surface area contributed by atoms with E-state index in [1.807, 2.05) is 0 Å². The van der Waals surface area contributed by atoms with Gasteiger partial charge in [0.15, 0.2) is 5.82 Å². The molecule has 7 rings (SSSR count). The Labute approximate surface area is 228 Å². The van der Waals surface area contributed by atoms with Crippen molar-refractivity contribution in [1.82, 2.24) is 19.3 Å². The molecule has 41 heavy (non-hydrogen) atoms. The van der Waals surface area contributed by atoms with Crippen LogP contribution in [0.1, 0.15) is 26.3 Å². The molecule has 0 unspecified atom stereocenters. The van der Waals surface area contributed by atoms with E-state index in [9.17, 15) is 9.59 Å². The Morgan fingerprint density at radius 2 is 1.83 bits per heavy atom. The van der Waals surface area contributed by atoms with Gasteiger partial charge >= 0.3 is 11.7 Å². The van der Waals surface area contributed by atoms with E-state index in [0.717, 1.165) is 10.7 Å². The third kappa shape index (κ3) is 3.67. The maximum atomic E-state index is 15.7. The molecular weight excluding hydrogens is 536 g/mol. The summed E-state index contributed by atoms with van der Waals surface area (Å²) in [5.74, 6) is -1.30. The lowest BCUT2D eigenvalue weighted by Gasteiger charge is -2.19. The van der Waals surface area contributed by atoms with Gasteiger partial charge in [0.2, 0.25) is 5.71 Å². The van der Waals surface area contributed by atoms with E-state index in [-0.39, 0.29) is 45.6 Å². The predicted molar refractivity (Wildman–Crippen MR) is 148 cm³/mol. The molecule has 5 aromatic heterocycles. The number of fused-ring (bicyclic) bond motifs is 8. The van der Waals surface area contributed by atoms with Crippen LogP contribution >= 0.6 is 0 Å². The van der Waals surface area contributed by atoms with Gasteiger partial charge < -0.3 is 23.9 Å². The molecule has 0 aliphatic carbocycles. The van der Waals surface area contributed by atoms with Gasteiger partial charge in [-0.05, 0) is 51.1 Å². The minimum atomic E-state index is -0.815. The van der Waals surface area contributed by atoms with Crippen molar-refractivity contribution in [3.05, 3.63) is 76.5 Å². The average Bonchev–Trinajstić information content (AvgIpc) is 3.59. The summed E-state index contributed by atoms with van der Waals surface area (Å²) in [5, 5.41) is 6.00. The number of ether oxygens (including phenoxy) is 1. The number of nitrogens with zero attached hydrogens (tertiary/aromatic N) is 4. The van der Waals surface area contributed by atoms with Crippen molar-refractivity contribution in [2.75, 3.05) is 5.73 Å². The number of hydrogen-bond donors (Lipinski definition) is 1. The van der Waals surface area contributed by atoms with Crippen molar-refractivity contribution in [3.63, 3.8) is 0 Å². The standard InChI is InChI=1S/C29H21F2N5O5/c1-29(2,3)41-28(38)36-19-10-17(30)13(9-16(19)25(32)34-36)12-35-20-11-18(31)14-6-8-39-24(14)22(20)21-15-5-4-7-33-26(15)40-27(37)23(21)35/h4-11H,12H2,1-3H3,(H2,32,34). The topological polar surface area (TPSA) is 131 Å². The van der Waals surface area contributed by atoms with Crippen LogP contribution in [0.15, 0.2) is 62.5 Å². The summed E-state index contributed by atoms with van der Waals surface area (Å²) < 4.78 is 49.8. The van der Waals surface area contributed by atoms with Gasteiger partial charge in [-0.3, -0.25) is 0 Å². The zero-order chi connectivity index (χ0) is 28.8. The number of anilines is 1. The summed E-state index contributed by atoms with van der Waals surface area (Å²) in [6.07, 6.45) is 2.04. The number of rotatable bonds is 2. The molecule has 0 saturated heterocycles. The van der Waals surface area contributed by atoms with Crippen LogP contribution < -0.4 is 11.4 Å². The molecule has 0 atom stereocenters. The highest BCUT2D eigenvalue weighted by atomic mass is 19.1. The average molecular weight is 558 g/mol. The van der Waals surface area contributed by atoms with Crippen LogP contribution in [-0.4, -0.2) is 31.0 Å². The Bertz CT molecular complexity index is 2290. The summed E-state index contributed by atoms with van der Waals surface area (Å²) in [4.78, 5) is 30.2. The summed E-state index contributed by atoms with van der Waals surface area (Å²) in [7, 11) is 0. The zero-order valence-corrected chi connectivity index (χ0v) is 22.0. The number of halogens is 2. The second-order valence-corrected chi connectivity index (χ2v) is 10.7. The van der Waals surface area contributed by atoms with Crippen LogP contribution in [0.3, 0.4) is 0 Å². The number of nitrogen functional groups attached to an aromatic ring is 1. The number of pyridine rings is 1. The lowest BCUT2D eigenvalue weighted by atomic mass is 10.1. The normalized spacial score (nSPS) is 12.4. The first-order valence-electron chi connectivity index (χ1n) is 12.6. The Hall–Kier alpha value is -5.26. The van der Waals surface area contributed by atoms with E-state index in [0.29, 0.717) is 27.1 Å². The maximum Gasteiger partial charge on any atom is 0.435 e. The summed E-state index contributed by atoms with van der Waals surface area (Å²) >= 11 is 0. The highest BCUT2D eigenvalue weighted by molar-refractivity contribution is 6.25. The fourth-order valence-electron chi connectivity index (χ4n) is 5.28. The van der Waals surface area contributed by atoms with E-state index in [1.165, 1.54) is 35.2 Å². The van der Waals surface area contributed by atoms with Crippen LogP contribution in [0.4, 0.5) is 19.4 Å². The van der Waals surface area contributed by atoms with Gasteiger partial charge in [0.05, 0.1) is 34.6 Å². The molecule has 0 radical (unpaired) electrons. The molecule has 7 aromatic rings. The van der Waals surface area contributed by atoms with Gasteiger partial charge in [0, 0.05) is 34.0 Å². The summed E-state index contributed by atoms with van der Waals surface area (Å²) in [6.45, 7) is 4.87. The zero-order valence-electron chi connectivity index (χ0n) is 22.0. The Morgan fingerprint density at radius 1 is 1.05 bits per heavy atom. The number of aromatic nitrogens is 4. The second kappa shape index (κ2) is 8.37. The highest BCUT2D eigenvalue weighted by Crippen LogP contribution is 2.39. The van der Waals surface area contributed by atoms with Gasteiger partial charge in [-0.15, -0.1) is 5.10 Å². The first-order valence-corrected chi connectivity index (χ1v) is 12.6. The molecule has 0 aliphatic heterocycles. The van der Waals surface area contributed by atoms with E-state index < -0.39 is 29.0 Å². The molecule has 0 spiro atoms. The predicted octanol–water partition coefficient (Wildman–Crippen LogP) is 6.08. The molecule has 0 saturated carbocycles. The molecule has 2 aromatic carbocycles. The lowest BCUT2D eigenvalue weighted by Crippen LogP contribution is -2.27. The summed E-state index contributed by atoms with van der Waals surface area (Å²) in [5.41, 5.74) is 5.49. The van der Waals surface area contributed by atoms with Crippen LogP contribution in [0.25, 0.3) is 54.8 Å². The van der Waals surface area contributed by atoms with E-state index >= 15 is 8.78 Å². The van der Waals surface area contributed by atoms with Crippen molar-refractivity contribution in [2.45, 2.75) is 32.9 Å². The Balaban J connectivity index is 1.49. The summed E-state index contributed by atoms with van der Waals surface area (Å²) in [6, 6.07) is 8.76. The quantitative estimate of drug-likeness (QED) is 0.270. The Morgan fingerprint density at radius 3 is 2.61 bits per heavy atom. The molecule has 5 heterocycles. The van der Waals surface area contributed by atoms with E-state index in [4.69, 9.17) is 19.3 Å². The van der Waals surface area contributed by atoms with Crippen molar-refractivity contribution in [1.29, 1.82) is 0 Å². The van der Waals surface area contributed by atoms with E-state index in [1.54, 1.807) is 32.9 Å². The molecule has 0 fully saturated rings. The van der Waals surface area contributed by atoms with Crippen LogP contribution in [0, 0.1) is 11.6 Å². The monoisotopic (exact) mass is 557 g/mol. The SMILES string of the molecule is CC(C)(C)OC(=O)n1nc(N)c2cc(Cn3c4cc(F)c5ccoc5c4c4c5cccnc5oc(=O)c43)c(F)cc21. The number of hydrogen-bond acceptors (Lipinski definition) is 8. The largest absolute Gasteiger partial charge is 0.463 e. The maximum absolute atomic E-state index is 15.7. The fraction of sp³-hybridized carbons (Fsp3) is 0.172. The molecule has 0 bridgehead atoms. The van der Waals surface area contributed by atoms with Gasteiger partial charge in [-0.2, -0.15) is 4.68 Å². The number of carbonyl (C=O) groups excluding carboxylic acids is 1. The van der Waals surface area contributed by atoms with Crippen LogP contribution in [-0.2, 0) is 11.3 Å². The van der Waals surface area contributed by atoms with Crippen molar-refractivity contribution in [2.24, 2.45) is 0 Å². The molecule has 206 valence electrons. The molecule has 10 nitrogen and oxygen atoms in total. The number of furan rings is 1. The first-order chi connectivity index (χ1) is 19.5. The molecule has 0 amide bonds. The Kier molecular flexibility index (Phi) is 5.05. The van der Waals surface area contributed by atoms with Crippen molar-refractivity contribution >= 4 is 66.7 Å². The van der Waals surface area contributed by atoms with Gasteiger partial charge in [-0.1, -0.05) is 0 Å². The lowest BCUT2D eigenvalue weighted by molar-refractivity contribution is 0.0523. The molecule has 2 N–H and O–H groups in total. The van der Waals surface area contributed by atoms with Crippen molar-refractivity contribution in [3.8, 4) is 0 Å². The number of carbonyl (C=O) groups is 1. The number of benzene rings is 2. The minimum absolute atomic E-state index is 0.0192. The molecule has 12 heteroatoms. The van der Waals surface area contributed by atoms with Crippen molar-refractivity contribution < 1.29 is 27.1 Å². The van der Waals surface area contributed by atoms with Gasteiger partial charge in [0.1, 0.15) is 28.3 Å². The van der Waals surface area contributed by atoms with Crippen LogP contribution in [0.2, 0.25) is 0 Å². The van der Waals surface area contributed by atoms with Gasteiger partial charge in [0.25, 0.3) is 0 Å². The number of nitrogens with two attached hydrogens (primary N) is 1. The smallest absolute Gasteiger partial charge is 0.435 e.